The number of hydrogen-bond acceptors (Lipinski definition) is 6. The van der Waals surface area contributed by atoms with E-state index in [1.54, 1.807) is 0 Å². The zero-order valence-electron chi connectivity index (χ0n) is 20.8. The van der Waals surface area contributed by atoms with E-state index in [2.05, 4.69) is 42.9 Å². The minimum Gasteiger partial charge on any atom is -0.341 e. The Hall–Kier alpha value is -1.22. The SMILES string of the molecule is CN(C)C1CCN(C(=O)CN(CC(=O)N2CCC(N(C)C)CC2)C2CCC(N)CC2)CC1. The summed E-state index contributed by atoms with van der Waals surface area (Å²) in [5.74, 6) is 0.354. The fourth-order valence-electron chi connectivity index (χ4n) is 5.59. The average Bonchev–Trinajstić information content (AvgIpc) is 2.79. The molecule has 184 valence electrons. The molecule has 3 fully saturated rings. The van der Waals surface area contributed by atoms with E-state index < -0.39 is 0 Å². The molecule has 0 aromatic carbocycles. The second-order valence-corrected chi connectivity index (χ2v) is 10.6. The van der Waals surface area contributed by atoms with Crippen molar-refractivity contribution in [1.29, 1.82) is 0 Å². The Morgan fingerprint density at radius 2 is 1.03 bits per heavy atom. The van der Waals surface area contributed by atoms with Crippen LogP contribution in [-0.2, 0) is 9.59 Å². The lowest BCUT2D eigenvalue weighted by Crippen LogP contribution is -2.53. The summed E-state index contributed by atoms with van der Waals surface area (Å²) in [7, 11) is 8.46. The summed E-state index contributed by atoms with van der Waals surface area (Å²) < 4.78 is 0. The molecule has 2 saturated heterocycles. The van der Waals surface area contributed by atoms with Crippen molar-refractivity contribution in [3.63, 3.8) is 0 Å². The van der Waals surface area contributed by atoms with Crippen LogP contribution in [0.5, 0.6) is 0 Å². The third-order valence-electron chi connectivity index (χ3n) is 8.03. The van der Waals surface area contributed by atoms with E-state index in [1.165, 1.54) is 0 Å². The van der Waals surface area contributed by atoms with Gasteiger partial charge >= 0.3 is 0 Å². The van der Waals surface area contributed by atoms with Crippen LogP contribution >= 0.6 is 0 Å². The normalized spacial score (nSPS) is 26.4. The van der Waals surface area contributed by atoms with Crippen molar-refractivity contribution in [3.8, 4) is 0 Å². The van der Waals surface area contributed by atoms with Crippen molar-refractivity contribution >= 4 is 11.8 Å². The molecule has 1 aliphatic carbocycles. The summed E-state index contributed by atoms with van der Waals surface area (Å²) in [5, 5.41) is 0. The number of rotatable bonds is 7. The standard InChI is InChI=1S/C24H46N6O2/c1-26(2)20-9-13-28(14-10-20)23(31)17-30(22-7-5-19(25)6-8-22)18-24(32)29-15-11-21(12-16-29)27(3)4/h19-22H,5-18,25H2,1-4H3. The van der Waals surface area contributed by atoms with Crippen molar-refractivity contribution < 1.29 is 9.59 Å². The van der Waals surface area contributed by atoms with Gasteiger partial charge in [-0.3, -0.25) is 14.5 Å². The van der Waals surface area contributed by atoms with Gasteiger partial charge in [-0.15, -0.1) is 0 Å². The molecule has 0 spiro atoms. The molecule has 0 aromatic heterocycles. The zero-order valence-corrected chi connectivity index (χ0v) is 20.8. The first-order valence-electron chi connectivity index (χ1n) is 12.6. The zero-order chi connectivity index (χ0) is 23.3. The fourth-order valence-corrected chi connectivity index (χ4v) is 5.59. The third-order valence-corrected chi connectivity index (χ3v) is 8.03. The lowest BCUT2D eigenvalue weighted by molar-refractivity contribution is -0.138. The van der Waals surface area contributed by atoms with Crippen molar-refractivity contribution in [1.82, 2.24) is 24.5 Å². The van der Waals surface area contributed by atoms with Gasteiger partial charge in [0.1, 0.15) is 0 Å². The predicted octanol–water partition coefficient (Wildman–Crippen LogP) is 0.664. The molecule has 1 saturated carbocycles. The largest absolute Gasteiger partial charge is 0.341 e. The first-order valence-corrected chi connectivity index (χ1v) is 12.6. The number of hydrogen-bond donors (Lipinski definition) is 1. The van der Waals surface area contributed by atoms with E-state index in [0.717, 1.165) is 77.5 Å². The Bertz CT molecular complexity index is 562. The molecular weight excluding hydrogens is 404 g/mol. The molecule has 0 unspecified atom stereocenters. The highest BCUT2D eigenvalue weighted by atomic mass is 16.2. The van der Waals surface area contributed by atoms with Crippen LogP contribution in [0.4, 0.5) is 0 Å². The van der Waals surface area contributed by atoms with Crippen molar-refractivity contribution in [2.24, 2.45) is 5.73 Å². The topological polar surface area (TPSA) is 76.4 Å². The van der Waals surface area contributed by atoms with Gasteiger partial charge in [0.25, 0.3) is 0 Å². The smallest absolute Gasteiger partial charge is 0.236 e. The number of nitrogens with zero attached hydrogens (tertiary/aromatic N) is 5. The maximum Gasteiger partial charge on any atom is 0.236 e. The molecule has 0 aromatic rings. The average molecular weight is 451 g/mol. The van der Waals surface area contributed by atoms with E-state index in [-0.39, 0.29) is 23.9 Å². The summed E-state index contributed by atoms with van der Waals surface area (Å²) in [5.41, 5.74) is 6.13. The number of carbonyl (C=O) groups excluding carboxylic acids is 2. The van der Waals surface area contributed by atoms with Gasteiger partial charge in [0.15, 0.2) is 0 Å². The van der Waals surface area contributed by atoms with Gasteiger partial charge in [-0.05, 0) is 79.6 Å². The molecule has 2 aliphatic heterocycles. The highest BCUT2D eigenvalue weighted by molar-refractivity contribution is 5.81. The summed E-state index contributed by atoms with van der Waals surface area (Å²) in [6.07, 6.45) is 8.01. The molecule has 0 radical (unpaired) electrons. The van der Waals surface area contributed by atoms with Gasteiger partial charge in [-0.2, -0.15) is 0 Å². The monoisotopic (exact) mass is 450 g/mol. The Kier molecular flexibility index (Phi) is 9.34. The predicted molar refractivity (Wildman–Crippen MR) is 128 cm³/mol. The van der Waals surface area contributed by atoms with Crippen LogP contribution in [0.1, 0.15) is 51.4 Å². The van der Waals surface area contributed by atoms with Gasteiger partial charge < -0.3 is 25.3 Å². The van der Waals surface area contributed by atoms with Gasteiger partial charge in [-0.25, -0.2) is 0 Å². The van der Waals surface area contributed by atoms with Crippen molar-refractivity contribution in [3.05, 3.63) is 0 Å². The van der Waals surface area contributed by atoms with Gasteiger partial charge in [-0.1, -0.05) is 0 Å². The second-order valence-electron chi connectivity index (χ2n) is 10.6. The van der Waals surface area contributed by atoms with Gasteiger partial charge in [0, 0.05) is 50.3 Å². The van der Waals surface area contributed by atoms with E-state index in [1.807, 2.05) is 9.80 Å². The van der Waals surface area contributed by atoms with Crippen LogP contribution < -0.4 is 5.73 Å². The lowest BCUT2D eigenvalue weighted by atomic mass is 9.90. The van der Waals surface area contributed by atoms with E-state index in [9.17, 15) is 9.59 Å². The minimum absolute atomic E-state index is 0.177. The van der Waals surface area contributed by atoms with Crippen LogP contribution in [0.3, 0.4) is 0 Å². The van der Waals surface area contributed by atoms with Crippen LogP contribution in [0.25, 0.3) is 0 Å². The second kappa shape index (κ2) is 11.8. The van der Waals surface area contributed by atoms with E-state index >= 15 is 0 Å². The molecule has 2 N–H and O–H groups in total. The maximum atomic E-state index is 13.2. The Morgan fingerprint density at radius 3 is 1.38 bits per heavy atom. The molecule has 2 heterocycles. The van der Waals surface area contributed by atoms with Gasteiger partial charge in [0.2, 0.25) is 11.8 Å². The lowest BCUT2D eigenvalue weighted by Gasteiger charge is -2.40. The summed E-state index contributed by atoms with van der Waals surface area (Å²) in [6.45, 7) is 3.97. The number of nitrogens with two attached hydrogens (primary N) is 1. The molecule has 8 nitrogen and oxygen atoms in total. The highest BCUT2D eigenvalue weighted by Gasteiger charge is 2.32. The number of amides is 2. The molecule has 32 heavy (non-hydrogen) atoms. The number of likely N-dealkylation sites (tertiary alicyclic amines) is 2. The van der Waals surface area contributed by atoms with Crippen LogP contribution in [-0.4, -0.2) is 128 Å². The maximum absolute atomic E-state index is 13.2. The van der Waals surface area contributed by atoms with Crippen molar-refractivity contribution in [2.45, 2.75) is 75.5 Å². The fraction of sp³-hybridized carbons (Fsp3) is 0.917. The third kappa shape index (κ3) is 6.89. The summed E-state index contributed by atoms with van der Waals surface area (Å²) >= 11 is 0. The summed E-state index contributed by atoms with van der Waals surface area (Å²) in [4.78, 5) is 37.1. The van der Waals surface area contributed by atoms with Crippen LogP contribution in [0, 0.1) is 0 Å². The highest BCUT2D eigenvalue weighted by Crippen LogP contribution is 2.23. The Balaban J connectivity index is 1.57. The molecule has 0 bridgehead atoms. The minimum atomic E-state index is 0.177. The Labute approximate surface area is 195 Å². The first-order chi connectivity index (χ1) is 15.2. The van der Waals surface area contributed by atoms with E-state index in [0.29, 0.717) is 25.2 Å². The molecule has 3 aliphatic rings. The van der Waals surface area contributed by atoms with Crippen LogP contribution in [0.2, 0.25) is 0 Å². The quantitative estimate of drug-likeness (QED) is 0.614. The van der Waals surface area contributed by atoms with Crippen molar-refractivity contribution in [2.75, 3.05) is 67.5 Å². The molecule has 2 amide bonds. The summed E-state index contributed by atoms with van der Waals surface area (Å²) in [6, 6.07) is 1.65. The number of carbonyl (C=O) groups is 2. The van der Waals surface area contributed by atoms with Crippen LogP contribution in [0.15, 0.2) is 0 Å². The van der Waals surface area contributed by atoms with Gasteiger partial charge in [0.05, 0.1) is 13.1 Å². The molecule has 0 atom stereocenters. The molecule has 8 heteroatoms. The first kappa shape index (κ1) is 25.4. The number of piperidine rings is 2. The van der Waals surface area contributed by atoms with E-state index in [4.69, 9.17) is 5.73 Å². The molecule has 3 rings (SSSR count). The molecular formula is C24H46N6O2. The Morgan fingerprint density at radius 1 is 0.656 bits per heavy atom.